The van der Waals surface area contributed by atoms with E-state index in [1.807, 2.05) is 11.0 Å². The lowest BCUT2D eigenvalue weighted by molar-refractivity contribution is -0.134. The molecule has 1 amide bonds. The van der Waals surface area contributed by atoms with E-state index in [0.717, 1.165) is 50.6 Å². The normalized spacial score (nSPS) is 29.8. The van der Waals surface area contributed by atoms with Crippen molar-refractivity contribution in [1.82, 2.24) is 4.90 Å². The van der Waals surface area contributed by atoms with Gasteiger partial charge < -0.3 is 14.4 Å². The van der Waals surface area contributed by atoms with Crippen molar-refractivity contribution in [3.63, 3.8) is 0 Å². The van der Waals surface area contributed by atoms with Crippen LogP contribution in [0.1, 0.15) is 50.5 Å². The molecule has 116 valence electrons. The number of furan rings is 1. The number of carbonyl (C=O) groups is 1. The summed E-state index contributed by atoms with van der Waals surface area (Å²) in [5, 5.41) is 10.3. The first-order chi connectivity index (χ1) is 10.3. The summed E-state index contributed by atoms with van der Waals surface area (Å²) in [6, 6.07) is 2.18. The molecule has 2 aliphatic rings. The molecule has 0 unspecified atom stereocenters. The van der Waals surface area contributed by atoms with Crippen molar-refractivity contribution in [2.75, 3.05) is 6.54 Å². The topological polar surface area (TPSA) is 53.7 Å². The maximum atomic E-state index is 12.5. The molecule has 0 radical (unpaired) electrons. The number of rotatable bonds is 4. The van der Waals surface area contributed by atoms with Gasteiger partial charge in [-0.25, -0.2) is 0 Å². The molecule has 0 spiro atoms. The van der Waals surface area contributed by atoms with Crippen LogP contribution in [0.2, 0.25) is 0 Å². The standard InChI is InChI=1S/C17H25NO3/c19-16-6-2-1-4-14(16)15-5-3-10-18(15)17(20)8-7-13-9-11-21-12-13/h9,11-12,14-16,19H,1-8,10H2/t14-,15-,16+/m1/s1. The maximum Gasteiger partial charge on any atom is 0.223 e. The third kappa shape index (κ3) is 3.31. The van der Waals surface area contributed by atoms with Crippen molar-refractivity contribution in [1.29, 1.82) is 0 Å². The van der Waals surface area contributed by atoms with Crippen molar-refractivity contribution >= 4 is 5.91 Å². The van der Waals surface area contributed by atoms with E-state index in [0.29, 0.717) is 12.3 Å². The van der Waals surface area contributed by atoms with E-state index in [1.54, 1.807) is 12.5 Å². The summed E-state index contributed by atoms with van der Waals surface area (Å²) in [5.74, 6) is 0.524. The molecule has 2 heterocycles. The number of aryl methyl sites for hydroxylation is 1. The fourth-order valence-electron chi connectivity index (χ4n) is 3.97. The van der Waals surface area contributed by atoms with Crippen LogP contribution in [0, 0.1) is 5.92 Å². The Morgan fingerprint density at radius 2 is 2.14 bits per heavy atom. The Morgan fingerprint density at radius 1 is 1.29 bits per heavy atom. The van der Waals surface area contributed by atoms with Crippen LogP contribution < -0.4 is 0 Å². The van der Waals surface area contributed by atoms with E-state index >= 15 is 0 Å². The van der Waals surface area contributed by atoms with Gasteiger partial charge in [0.25, 0.3) is 0 Å². The number of nitrogens with zero attached hydrogens (tertiary/aromatic N) is 1. The first-order valence-electron chi connectivity index (χ1n) is 8.24. The molecule has 1 saturated carbocycles. The molecule has 0 bridgehead atoms. The largest absolute Gasteiger partial charge is 0.472 e. The van der Waals surface area contributed by atoms with Crippen molar-refractivity contribution in [2.45, 2.75) is 63.5 Å². The first-order valence-corrected chi connectivity index (χ1v) is 8.24. The van der Waals surface area contributed by atoms with E-state index in [-0.39, 0.29) is 18.1 Å². The Hall–Kier alpha value is -1.29. The first kappa shape index (κ1) is 14.6. The Balaban J connectivity index is 1.59. The molecule has 0 aromatic carbocycles. The second-order valence-electron chi connectivity index (χ2n) is 6.44. The molecular formula is C17H25NO3. The van der Waals surface area contributed by atoms with Gasteiger partial charge in [-0.3, -0.25) is 4.79 Å². The zero-order valence-corrected chi connectivity index (χ0v) is 12.5. The minimum atomic E-state index is -0.217. The van der Waals surface area contributed by atoms with Gasteiger partial charge in [0.1, 0.15) is 0 Å². The molecule has 3 rings (SSSR count). The van der Waals surface area contributed by atoms with Crippen LogP contribution in [0.3, 0.4) is 0 Å². The van der Waals surface area contributed by atoms with Gasteiger partial charge in [-0.2, -0.15) is 0 Å². The van der Waals surface area contributed by atoms with E-state index in [9.17, 15) is 9.90 Å². The number of likely N-dealkylation sites (tertiary alicyclic amines) is 1. The fourth-order valence-corrected chi connectivity index (χ4v) is 3.97. The Bertz CT molecular complexity index is 457. The molecule has 1 aliphatic heterocycles. The Labute approximate surface area is 126 Å². The lowest BCUT2D eigenvalue weighted by Crippen LogP contribution is -2.45. The summed E-state index contributed by atoms with van der Waals surface area (Å²) < 4.78 is 5.04. The van der Waals surface area contributed by atoms with Gasteiger partial charge in [0.15, 0.2) is 0 Å². The molecule has 1 N–H and O–H groups in total. The molecule has 1 aliphatic carbocycles. The number of carbonyl (C=O) groups excluding carboxylic acids is 1. The van der Waals surface area contributed by atoms with Crippen molar-refractivity contribution in [3.8, 4) is 0 Å². The highest BCUT2D eigenvalue weighted by atomic mass is 16.3. The van der Waals surface area contributed by atoms with Crippen LogP contribution in [0.15, 0.2) is 23.0 Å². The van der Waals surface area contributed by atoms with Gasteiger partial charge in [-0.15, -0.1) is 0 Å². The van der Waals surface area contributed by atoms with Crippen molar-refractivity contribution < 1.29 is 14.3 Å². The molecule has 3 atom stereocenters. The lowest BCUT2D eigenvalue weighted by atomic mass is 9.80. The summed E-state index contributed by atoms with van der Waals surface area (Å²) in [5.41, 5.74) is 1.08. The van der Waals surface area contributed by atoms with Gasteiger partial charge in [0, 0.05) is 24.9 Å². The predicted molar refractivity (Wildman–Crippen MR) is 79.7 cm³/mol. The summed E-state index contributed by atoms with van der Waals surface area (Å²) in [6.45, 7) is 0.859. The average Bonchev–Trinajstić information content (AvgIpc) is 3.16. The minimum Gasteiger partial charge on any atom is -0.472 e. The SMILES string of the molecule is O=C(CCc1ccoc1)N1CCC[C@@H]1[C@H]1CCCC[C@@H]1O. The number of aliphatic hydroxyl groups is 1. The molecule has 1 aromatic rings. The number of hydrogen-bond acceptors (Lipinski definition) is 3. The summed E-state index contributed by atoms with van der Waals surface area (Å²) in [7, 11) is 0. The monoisotopic (exact) mass is 291 g/mol. The highest BCUT2D eigenvalue weighted by Gasteiger charge is 2.38. The van der Waals surface area contributed by atoms with Gasteiger partial charge in [-0.1, -0.05) is 12.8 Å². The number of hydrogen-bond donors (Lipinski definition) is 1. The van der Waals surface area contributed by atoms with Crippen LogP contribution in [0.25, 0.3) is 0 Å². The quantitative estimate of drug-likeness (QED) is 0.928. The molecule has 2 fully saturated rings. The van der Waals surface area contributed by atoms with Crippen LogP contribution in [-0.2, 0) is 11.2 Å². The second-order valence-corrected chi connectivity index (χ2v) is 6.44. The van der Waals surface area contributed by atoms with Gasteiger partial charge >= 0.3 is 0 Å². The lowest BCUT2D eigenvalue weighted by Gasteiger charge is -2.37. The van der Waals surface area contributed by atoms with Crippen molar-refractivity contribution in [3.05, 3.63) is 24.2 Å². The Kier molecular flexibility index (Phi) is 4.63. The zero-order valence-electron chi connectivity index (χ0n) is 12.5. The van der Waals surface area contributed by atoms with E-state index in [4.69, 9.17) is 4.42 Å². The Morgan fingerprint density at radius 3 is 2.90 bits per heavy atom. The highest BCUT2D eigenvalue weighted by Crippen LogP contribution is 2.35. The predicted octanol–water partition coefficient (Wildman–Crippen LogP) is 2.75. The van der Waals surface area contributed by atoms with E-state index < -0.39 is 0 Å². The van der Waals surface area contributed by atoms with Gasteiger partial charge in [0.05, 0.1) is 18.6 Å². The maximum absolute atomic E-state index is 12.5. The summed E-state index contributed by atoms with van der Waals surface area (Å²) >= 11 is 0. The number of amides is 1. The molecule has 21 heavy (non-hydrogen) atoms. The van der Waals surface area contributed by atoms with Gasteiger partial charge in [-0.05, 0) is 43.7 Å². The third-order valence-electron chi connectivity index (χ3n) is 5.10. The summed E-state index contributed by atoms with van der Waals surface area (Å²) in [6.07, 6.45) is 10.8. The smallest absolute Gasteiger partial charge is 0.223 e. The fraction of sp³-hybridized carbons (Fsp3) is 0.706. The van der Waals surface area contributed by atoms with Crippen LogP contribution in [-0.4, -0.2) is 34.6 Å². The number of aliphatic hydroxyl groups excluding tert-OH is 1. The second kappa shape index (κ2) is 6.65. The minimum absolute atomic E-state index is 0.217. The molecule has 4 nitrogen and oxygen atoms in total. The van der Waals surface area contributed by atoms with Crippen LogP contribution in [0.4, 0.5) is 0 Å². The van der Waals surface area contributed by atoms with Gasteiger partial charge in [0.2, 0.25) is 5.91 Å². The molecule has 1 aromatic heterocycles. The molecular weight excluding hydrogens is 266 g/mol. The van der Waals surface area contributed by atoms with E-state index in [1.165, 1.54) is 6.42 Å². The highest BCUT2D eigenvalue weighted by molar-refractivity contribution is 5.77. The third-order valence-corrected chi connectivity index (χ3v) is 5.10. The zero-order chi connectivity index (χ0) is 14.7. The summed E-state index contributed by atoms with van der Waals surface area (Å²) in [4.78, 5) is 14.6. The average molecular weight is 291 g/mol. The van der Waals surface area contributed by atoms with E-state index in [2.05, 4.69) is 0 Å². The van der Waals surface area contributed by atoms with Crippen LogP contribution in [0.5, 0.6) is 0 Å². The van der Waals surface area contributed by atoms with Crippen LogP contribution >= 0.6 is 0 Å². The molecule has 4 heteroatoms. The molecule has 1 saturated heterocycles. The van der Waals surface area contributed by atoms with Crippen molar-refractivity contribution in [2.24, 2.45) is 5.92 Å².